The van der Waals surface area contributed by atoms with E-state index in [9.17, 15) is 0 Å². The smallest absolute Gasteiger partial charge is 0.212 e. The summed E-state index contributed by atoms with van der Waals surface area (Å²) < 4.78 is 5.02. The van der Waals surface area contributed by atoms with Gasteiger partial charge in [-0.2, -0.15) is 0 Å². The van der Waals surface area contributed by atoms with Crippen molar-refractivity contribution in [1.29, 1.82) is 0 Å². The summed E-state index contributed by atoms with van der Waals surface area (Å²) in [4.78, 5) is 6.54. The number of hydrogen-bond acceptors (Lipinski definition) is 4. The van der Waals surface area contributed by atoms with Crippen molar-refractivity contribution in [2.75, 3.05) is 27.2 Å². The Balaban J connectivity index is 1.91. The van der Waals surface area contributed by atoms with Crippen molar-refractivity contribution in [2.45, 2.75) is 12.6 Å². The normalized spacial score (nSPS) is 16.5. The molecule has 2 heterocycles. The van der Waals surface area contributed by atoms with E-state index in [-0.39, 0.29) is 0 Å². The fourth-order valence-corrected chi connectivity index (χ4v) is 1.63. The molecule has 1 aliphatic rings. The summed E-state index contributed by atoms with van der Waals surface area (Å²) in [6, 6.07) is 4.64. The molecule has 0 atom stereocenters. The van der Waals surface area contributed by atoms with Crippen LogP contribution in [0.5, 0.6) is 5.88 Å². The van der Waals surface area contributed by atoms with Gasteiger partial charge in [-0.1, -0.05) is 6.07 Å². The molecule has 1 aromatic heterocycles. The maximum absolute atomic E-state index is 5.02. The Kier molecular flexibility index (Phi) is 3.18. The molecular formula is C11H17N3O. The van der Waals surface area contributed by atoms with Crippen LogP contribution in [0.15, 0.2) is 18.3 Å². The van der Waals surface area contributed by atoms with Crippen molar-refractivity contribution in [1.82, 2.24) is 15.2 Å². The summed E-state index contributed by atoms with van der Waals surface area (Å²) in [5.74, 6) is 0.673. The predicted octanol–water partition coefficient (Wildman–Crippen LogP) is 0.494. The molecule has 4 heteroatoms. The summed E-state index contributed by atoms with van der Waals surface area (Å²) >= 11 is 0. The number of aromatic nitrogens is 1. The topological polar surface area (TPSA) is 37.4 Å². The van der Waals surface area contributed by atoms with Gasteiger partial charge in [-0.25, -0.2) is 4.98 Å². The molecule has 0 aromatic carbocycles. The largest absolute Gasteiger partial charge is 0.481 e. The van der Waals surface area contributed by atoms with E-state index in [2.05, 4.69) is 28.3 Å². The summed E-state index contributed by atoms with van der Waals surface area (Å²) in [5.41, 5.74) is 1.23. The highest BCUT2D eigenvalue weighted by molar-refractivity contribution is 5.17. The van der Waals surface area contributed by atoms with Crippen LogP contribution in [0, 0.1) is 0 Å². The van der Waals surface area contributed by atoms with Crippen molar-refractivity contribution in [3.8, 4) is 5.88 Å². The van der Waals surface area contributed by atoms with Gasteiger partial charge >= 0.3 is 0 Å². The molecule has 4 nitrogen and oxygen atoms in total. The van der Waals surface area contributed by atoms with E-state index in [1.807, 2.05) is 12.3 Å². The number of nitrogens with zero attached hydrogens (tertiary/aromatic N) is 2. The minimum atomic E-state index is 0.673. The molecule has 1 saturated heterocycles. The Morgan fingerprint density at radius 1 is 1.53 bits per heavy atom. The molecule has 1 N–H and O–H groups in total. The average molecular weight is 207 g/mol. The minimum absolute atomic E-state index is 0.673. The van der Waals surface area contributed by atoms with E-state index in [4.69, 9.17) is 4.74 Å². The summed E-state index contributed by atoms with van der Waals surface area (Å²) in [6.07, 6.45) is 1.88. The molecular weight excluding hydrogens is 190 g/mol. The summed E-state index contributed by atoms with van der Waals surface area (Å²) in [6.45, 7) is 3.14. The zero-order valence-corrected chi connectivity index (χ0v) is 9.23. The molecule has 0 radical (unpaired) electrons. The van der Waals surface area contributed by atoms with Gasteiger partial charge in [0.05, 0.1) is 7.11 Å². The van der Waals surface area contributed by atoms with E-state index in [0.717, 1.165) is 19.6 Å². The first-order chi connectivity index (χ1) is 7.29. The van der Waals surface area contributed by atoms with Crippen LogP contribution < -0.4 is 10.1 Å². The molecule has 1 aliphatic heterocycles. The highest BCUT2D eigenvalue weighted by Crippen LogP contribution is 2.11. The lowest BCUT2D eigenvalue weighted by atomic mass is 10.1. The molecule has 82 valence electrons. The number of nitrogens with one attached hydrogen (secondary N) is 1. The number of pyridine rings is 1. The lowest BCUT2D eigenvalue weighted by molar-refractivity contribution is 0.173. The first-order valence-electron chi connectivity index (χ1n) is 5.19. The molecule has 1 aromatic rings. The molecule has 0 bridgehead atoms. The third kappa shape index (κ3) is 2.46. The van der Waals surface area contributed by atoms with Gasteiger partial charge in [0.25, 0.3) is 0 Å². The van der Waals surface area contributed by atoms with Crippen molar-refractivity contribution in [2.24, 2.45) is 0 Å². The van der Waals surface area contributed by atoms with Gasteiger partial charge < -0.3 is 10.1 Å². The van der Waals surface area contributed by atoms with Crippen molar-refractivity contribution < 1.29 is 4.74 Å². The van der Waals surface area contributed by atoms with Crippen LogP contribution >= 0.6 is 0 Å². The molecule has 2 rings (SSSR count). The molecule has 0 spiro atoms. The van der Waals surface area contributed by atoms with Crippen LogP contribution in [0.1, 0.15) is 5.56 Å². The van der Waals surface area contributed by atoms with Crippen LogP contribution in [0.3, 0.4) is 0 Å². The number of rotatable bonds is 4. The second-order valence-electron chi connectivity index (χ2n) is 3.94. The second-order valence-corrected chi connectivity index (χ2v) is 3.94. The standard InChI is InChI=1S/C11H17N3O/c1-14(10-6-12-7-10)8-9-3-4-11(15-2)13-5-9/h3-5,10,12H,6-8H2,1-2H3. The number of methoxy groups -OCH3 is 1. The maximum atomic E-state index is 5.02. The average Bonchev–Trinajstić information content (AvgIpc) is 2.16. The molecule has 0 saturated carbocycles. The Bertz CT molecular complexity index is 308. The SMILES string of the molecule is COc1ccc(CN(C)C2CNC2)cn1. The third-order valence-corrected chi connectivity index (χ3v) is 2.82. The van der Waals surface area contributed by atoms with Gasteiger partial charge in [-0.3, -0.25) is 4.90 Å². The maximum Gasteiger partial charge on any atom is 0.212 e. The lowest BCUT2D eigenvalue weighted by Crippen LogP contribution is -2.55. The third-order valence-electron chi connectivity index (χ3n) is 2.82. The first kappa shape index (κ1) is 10.4. The van der Waals surface area contributed by atoms with Gasteiger partial charge in [0.15, 0.2) is 0 Å². The molecule has 15 heavy (non-hydrogen) atoms. The van der Waals surface area contributed by atoms with Crippen LogP contribution in [0.25, 0.3) is 0 Å². The van der Waals surface area contributed by atoms with Crippen molar-refractivity contribution >= 4 is 0 Å². The summed E-state index contributed by atoms with van der Waals surface area (Å²) in [7, 11) is 3.78. The second kappa shape index (κ2) is 4.59. The minimum Gasteiger partial charge on any atom is -0.481 e. The zero-order chi connectivity index (χ0) is 10.7. The highest BCUT2D eigenvalue weighted by atomic mass is 16.5. The van der Waals surface area contributed by atoms with Crippen LogP contribution in [0.2, 0.25) is 0 Å². The highest BCUT2D eigenvalue weighted by Gasteiger charge is 2.21. The summed E-state index contributed by atoms with van der Waals surface area (Å²) in [5, 5.41) is 3.27. The van der Waals surface area contributed by atoms with Gasteiger partial charge in [0.1, 0.15) is 0 Å². The lowest BCUT2D eigenvalue weighted by Gasteiger charge is -2.35. The van der Waals surface area contributed by atoms with Gasteiger partial charge in [-0.05, 0) is 12.6 Å². The Morgan fingerprint density at radius 3 is 2.80 bits per heavy atom. The Morgan fingerprint density at radius 2 is 2.33 bits per heavy atom. The quantitative estimate of drug-likeness (QED) is 0.780. The predicted molar refractivity (Wildman–Crippen MR) is 58.9 cm³/mol. The Labute approximate surface area is 90.3 Å². The van der Waals surface area contributed by atoms with Crippen molar-refractivity contribution in [3.05, 3.63) is 23.9 Å². The van der Waals surface area contributed by atoms with E-state index in [1.54, 1.807) is 7.11 Å². The van der Waals surface area contributed by atoms with E-state index in [0.29, 0.717) is 11.9 Å². The van der Waals surface area contributed by atoms with E-state index >= 15 is 0 Å². The number of ether oxygens (including phenoxy) is 1. The van der Waals surface area contributed by atoms with E-state index in [1.165, 1.54) is 5.56 Å². The van der Waals surface area contributed by atoms with Gasteiger partial charge in [0.2, 0.25) is 5.88 Å². The molecule has 0 amide bonds. The molecule has 0 unspecified atom stereocenters. The number of hydrogen-bond donors (Lipinski definition) is 1. The first-order valence-corrected chi connectivity index (χ1v) is 5.19. The monoisotopic (exact) mass is 207 g/mol. The van der Waals surface area contributed by atoms with Crippen LogP contribution in [-0.4, -0.2) is 43.2 Å². The van der Waals surface area contributed by atoms with Crippen LogP contribution in [0.4, 0.5) is 0 Å². The van der Waals surface area contributed by atoms with E-state index < -0.39 is 0 Å². The number of likely N-dealkylation sites (N-methyl/N-ethyl adjacent to an activating group) is 1. The van der Waals surface area contributed by atoms with Gasteiger partial charge in [0, 0.05) is 37.9 Å². The Hall–Kier alpha value is -1.13. The molecule has 0 aliphatic carbocycles. The van der Waals surface area contributed by atoms with Gasteiger partial charge in [-0.15, -0.1) is 0 Å². The molecule has 1 fully saturated rings. The fourth-order valence-electron chi connectivity index (χ4n) is 1.63. The fraction of sp³-hybridized carbons (Fsp3) is 0.545. The van der Waals surface area contributed by atoms with Crippen molar-refractivity contribution in [3.63, 3.8) is 0 Å². The van der Waals surface area contributed by atoms with Crippen LogP contribution in [-0.2, 0) is 6.54 Å². The zero-order valence-electron chi connectivity index (χ0n) is 9.23.